The third-order valence-electron chi connectivity index (χ3n) is 3.13. The Kier molecular flexibility index (Phi) is 4.48. The summed E-state index contributed by atoms with van der Waals surface area (Å²) in [4.78, 5) is 34.0. The molecule has 3 amide bonds. The van der Waals surface area contributed by atoms with Crippen molar-refractivity contribution in [2.45, 2.75) is 45.2 Å². The van der Waals surface area contributed by atoms with Gasteiger partial charge in [-0.05, 0) is 12.3 Å². The Morgan fingerprint density at radius 2 is 2.24 bits per heavy atom. The van der Waals surface area contributed by atoms with Crippen molar-refractivity contribution in [3.63, 3.8) is 0 Å². The molecule has 0 aromatic rings. The van der Waals surface area contributed by atoms with Crippen molar-refractivity contribution >= 4 is 17.7 Å². The van der Waals surface area contributed by atoms with Crippen molar-refractivity contribution in [2.75, 3.05) is 0 Å². The van der Waals surface area contributed by atoms with E-state index in [1.54, 1.807) is 0 Å². The molecule has 1 rings (SSSR count). The minimum atomic E-state index is -0.676. The minimum Gasteiger partial charge on any atom is -0.368 e. The molecule has 1 saturated heterocycles. The van der Waals surface area contributed by atoms with Crippen LogP contribution in [0.25, 0.3) is 0 Å². The summed E-state index contributed by atoms with van der Waals surface area (Å²) in [6.45, 7) is 3.77. The molecule has 0 aromatic heterocycles. The molecule has 1 aliphatic rings. The van der Waals surface area contributed by atoms with Crippen LogP contribution in [0.15, 0.2) is 0 Å². The van der Waals surface area contributed by atoms with Gasteiger partial charge >= 0.3 is 0 Å². The van der Waals surface area contributed by atoms with E-state index < -0.39 is 18.0 Å². The number of rotatable bonds is 5. The van der Waals surface area contributed by atoms with Gasteiger partial charge in [-0.15, -0.1) is 0 Å². The van der Waals surface area contributed by atoms with Crippen LogP contribution in [-0.2, 0) is 14.4 Å². The lowest BCUT2D eigenvalue weighted by atomic mass is 9.98. The van der Waals surface area contributed by atoms with Crippen LogP contribution < -0.4 is 16.4 Å². The molecule has 0 aromatic carbocycles. The molecule has 6 nitrogen and oxygen atoms in total. The number of carbonyl (C=O) groups is 3. The number of hydrogen-bond acceptors (Lipinski definition) is 3. The van der Waals surface area contributed by atoms with Gasteiger partial charge in [-0.25, -0.2) is 0 Å². The minimum absolute atomic E-state index is 0.0199. The largest absolute Gasteiger partial charge is 0.368 e. The lowest BCUT2D eigenvalue weighted by Gasteiger charge is -2.22. The smallest absolute Gasteiger partial charge is 0.243 e. The summed E-state index contributed by atoms with van der Waals surface area (Å²) in [6, 6.07) is -1.21. The molecular formula is C11H19N3O3. The number of primary amides is 1. The first-order chi connectivity index (χ1) is 7.95. The molecule has 6 heteroatoms. The van der Waals surface area contributed by atoms with Gasteiger partial charge < -0.3 is 16.4 Å². The van der Waals surface area contributed by atoms with Crippen LogP contribution >= 0.6 is 0 Å². The summed E-state index contributed by atoms with van der Waals surface area (Å²) >= 11 is 0. The molecule has 17 heavy (non-hydrogen) atoms. The molecule has 0 bridgehead atoms. The maximum Gasteiger partial charge on any atom is 0.243 e. The van der Waals surface area contributed by atoms with Gasteiger partial charge in [0.2, 0.25) is 17.7 Å². The van der Waals surface area contributed by atoms with Gasteiger partial charge in [0.1, 0.15) is 12.1 Å². The van der Waals surface area contributed by atoms with Crippen molar-refractivity contribution in [1.29, 1.82) is 0 Å². The van der Waals surface area contributed by atoms with Gasteiger partial charge in [-0.1, -0.05) is 20.3 Å². The average Bonchev–Trinajstić information content (AvgIpc) is 2.71. The van der Waals surface area contributed by atoms with E-state index in [1.807, 2.05) is 13.8 Å². The number of amides is 3. The van der Waals surface area contributed by atoms with Gasteiger partial charge in [-0.2, -0.15) is 0 Å². The molecule has 4 N–H and O–H groups in total. The zero-order chi connectivity index (χ0) is 13.0. The topological polar surface area (TPSA) is 101 Å². The zero-order valence-electron chi connectivity index (χ0n) is 10.2. The molecule has 1 fully saturated rings. The molecule has 1 aliphatic heterocycles. The fourth-order valence-corrected chi connectivity index (χ4v) is 1.79. The molecule has 96 valence electrons. The first-order valence-electron chi connectivity index (χ1n) is 5.84. The predicted molar refractivity (Wildman–Crippen MR) is 61.7 cm³/mol. The van der Waals surface area contributed by atoms with Crippen LogP contribution in [-0.4, -0.2) is 29.8 Å². The van der Waals surface area contributed by atoms with E-state index in [0.717, 1.165) is 6.42 Å². The second-order valence-electron chi connectivity index (χ2n) is 4.43. The van der Waals surface area contributed by atoms with E-state index in [4.69, 9.17) is 5.73 Å². The van der Waals surface area contributed by atoms with Crippen LogP contribution in [0.5, 0.6) is 0 Å². The molecular weight excluding hydrogens is 222 g/mol. The van der Waals surface area contributed by atoms with Gasteiger partial charge in [-0.3, -0.25) is 14.4 Å². The van der Waals surface area contributed by atoms with Gasteiger partial charge in [0, 0.05) is 6.42 Å². The van der Waals surface area contributed by atoms with Crippen molar-refractivity contribution in [3.8, 4) is 0 Å². The number of carbonyl (C=O) groups excluding carboxylic acids is 3. The maximum atomic E-state index is 11.8. The molecule has 0 unspecified atom stereocenters. The molecule has 1 heterocycles. The van der Waals surface area contributed by atoms with E-state index in [2.05, 4.69) is 10.6 Å². The van der Waals surface area contributed by atoms with Crippen molar-refractivity contribution in [3.05, 3.63) is 0 Å². The summed E-state index contributed by atoms with van der Waals surface area (Å²) in [5, 5.41) is 5.15. The SMILES string of the molecule is CC[C@H](C)[C@@H](NC(=O)[C@H]1CCC(=O)N1)C(N)=O. The van der Waals surface area contributed by atoms with Crippen molar-refractivity contribution in [1.82, 2.24) is 10.6 Å². The Bertz CT molecular complexity index is 330. The highest BCUT2D eigenvalue weighted by Crippen LogP contribution is 2.10. The Balaban J connectivity index is 2.58. The van der Waals surface area contributed by atoms with Gasteiger partial charge in [0.25, 0.3) is 0 Å². The lowest BCUT2D eigenvalue weighted by Crippen LogP contribution is -2.53. The second-order valence-corrected chi connectivity index (χ2v) is 4.43. The third kappa shape index (κ3) is 3.44. The number of nitrogens with one attached hydrogen (secondary N) is 2. The van der Waals surface area contributed by atoms with E-state index in [0.29, 0.717) is 12.8 Å². The summed E-state index contributed by atoms with van der Waals surface area (Å²) in [6.07, 6.45) is 1.56. The molecule has 3 atom stereocenters. The van der Waals surface area contributed by atoms with Crippen molar-refractivity contribution in [2.24, 2.45) is 11.7 Å². The Labute approximate surface area is 100 Å². The van der Waals surface area contributed by atoms with Crippen LogP contribution in [0.1, 0.15) is 33.1 Å². The highest BCUT2D eigenvalue weighted by Gasteiger charge is 2.31. The first-order valence-corrected chi connectivity index (χ1v) is 5.84. The summed E-state index contributed by atoms with van der Waals surface area (Å²) in [5.74, 6) is -1.03. The fourth-order valence-electron chi connectivity index (χ4n) is 1.79. The number of nitrogens with two attached hydrogens (primary N) is 1. The molecule has 0 spiro atoms. The second kappa shape index (κ2) is 5.65. The van der Waals surface area contributed by atoms with Crippen LogP contribution in [0.2, 0.25) is 0 Å². The Morgan fingerprint density at radius 1 is 1.59 bits per heavy atom. The van der Waals surface area contributed by atoms with E-state index in [9.17, 15) is 14.4 Å². The highest BCUT2D eigenvalue weighted by atomic mass is 16.2. The third-order valence-corrected chi connectivity index (χ3v) is 3.13. The Hall–Kier alpha value is -1.59. The summed E-state index contributed by atoms with van der Waals surface area (Å²) in [5.41, 5.74) is 5.25. The monoisotopic (exact) mass is 241 g/mol. The normalized spacial score (nSPS) is 22.7. The highest BCUT2D eigenvalue weighted by molar-refractivity contribution is 5.93. The molecule has 0 saturated carbocycles. The van der Waals surface area contributed by atoms with E-state index in [1.165, 1.54) is 0 Å². The number of hydrogen-bond donors (Lipinski definition) is 3. The van der Waals surface area contributed by atoms with Gasteiger partial charge in [0.15, 0.2) is 0 Å². The van der Waals surface area contributed by atoms with Gasteiger partial charge in [0.05, 0.1) is 0 Å². The first kappa shape index (κ1) is 13.5. The molecule has 0 aliphatic carbocycles. The van der Waals surface area contributed by atoms with E-state index in [-0.39, 0.29) is 17.7 Å². The average molecular weight is 241 g/mol. The quantitative estimate of drug-likeness (QED) is 0.592. The van der Waals surface area contributed by atoms with E-state index >= 15 is 0 Å². The molecule has 0 radical (unpaired) electrons. The lowest BCUT2D eigenvalue weighted by molar-refractivity contribution is -0.130. The van der Waals surface area contributed by atoms with Crippen LogP contribution in [0, 0.1) is 5.92 Å². The van der Waals surface area contributed by atoms with Crippen molar-refractivity contribution < 1.29 is 14.4 Å². The predicted octanol–water partition coefficient (Wildman–Crippen LogP) is -0.719. The maximum absolute atomic E-state index is 11.8. The van der Waals surface area contributed by atoms with Crippen LogP contribution in [0.3, 0.4) is 0 Å². The Morgan fingerprint density at radius 3 is 2.65 bits per heavy atom. The zero-order valence-corrected chi connectivity index (χ0v) is 10.2. The summed E-state index contributed by atoms with van der Waals surface area (Å²) in [7, 11) is 0. The standard InChI is InChI=1S/C11H19N3O3/c1-3-6(2)9(10(12)16)14-11(17)7-4-5-8(15)13-7/h6-7,9H,3-5H2,1-2H3,(H2,12,16)(H,13,15)(H,14,17)/t6-,7+,9+/m0/s1. The fraction of sp³-hybridized carbons (Fsp3) is 0.727. The summed E-state index contributed by atoms with van der Waals surface area (Å²) < 4.78 is 0. The van der Waals surface area contributed by atoms with Crippen LogP contribution in [0.4, 0.5) is 0 Å².